The number of amides is 1. The zero-order valence-corrected chi connectivity index (χ0v) is 15.4. The molecule has 1 amide bonds. The molecule has 142 valence electrons. The molecule has 2 aromatic rings. The van der Waals surface area contributed by atoms with Gasteiger partial charge in [-0.05, 0) is 42.3 Å². The minimum absolute atomic E-state index is 0.0732. The second kappa shape index (κ2) is 7.78. The molecule has 0 radical (unpaired) electrons. The highest BCUT2D eigenvalue weighted by atomic mass is 16.6. The summed E-state index contributed by atoms with van der Waals surface area (Å²) in [6, 6.07) is 11.5. The van der Waals surface area contributed by atoms with Crippen LogP contribution in [0.5, 0.6) is 23.0 Å². The van der Waals surface area contributed by atoms with Gasteiger partial charge in [-0.25, -0.2) is 0 Å². The molecule has 0 saturated carbocycles. The van der Waals surface area contributed by atoms with E-state index in [2.05, 4.69) is 0 Å². The average Bonchev–Trinajstić information content (AvgIpc) is 2.71. The molecule has 0 atom stereocenters. The van der Waals surface area contributed by atoms with Gasteiger partial charge in [0.15, 0.2) is 23.0 Å². The van der Waals surface area contributed by atoms with E-state index >= 15 is 0 Å². The van der Waals surface area contributed by atoms with Gasteiger partial charge in [-0.2, -0.15) is 0 Å². The van der Waals surface area contributed by atoms with Gasteiger partial charge in [0.25, 0.3) is 0 Å². The Morgan fingerprint density at radius 3 is 1.93 bits per heavy atom. The standard InChI is InChI=1S/C21H23NO5/c1-2-22(14-16-4-6-18-20(12-16)27-10-8-25-18)21(23)13-15-3-5-17-19(11-15)26-9-7-24-17/h3-6,11-12H,2,7-10,13-14H2,1H3. The molecule has 6 heteroatoms. The Labute approximate surface area is 158 Å². The molecule has 0 N–H and O–H groups in total. The van der Waals surface area contributed by atoms with Crippen LogP contribution in [0.4, 0.5) is 0 Å². The number of ether oxygens (including phenoxy) is 4. The Bertz CT molecular complexity index is 835. The van der Waals surface area contributed by atoms with E-state index in [0.29, 0.717) is 51.7 Å². The zero-order chi connectivity index (χ0) is 18.6. The van der Waals surface area contributed by atoms with Crippen LogP contribution in [0.3, 0.4) is 0 Å². The average molecular weight is 369 g/mol. The van der Waals surface area contributed by atoms with Crippen molar-refractivity contribution in [1.82, 2.24) is 4.90 Å². The van der Waals surface area contributed by atoms with Crippen LogP contribution < -0.4 is 18.9 Å². The molecule has 2 aliphatic heterocycles. The van der Waals surface area contributed by atoms with Crippen molar-refractivity contribution in [3.63, 3.8) is 0 Å². The molecule has 0 aromatic heterocycles. The maximum atomic E-state index is 12.8. The molecular weight excluding hydrogens is 346 g/mol. The van der Waals surface area contributed by atoms with Crippen LogP contribution in [0.15, 0.2) is 36.4 Å². The minimum atomic E-state index is 0.0732. The summed E-state index contributed by atoms with van der Waals surface area (Å²) in [7, 11) is 0. The van der Waals surface area contributed by atoms with E-state index in [0.717, 1.165) is 28.4 Å². The van der Waals surface area contributed by atoms with E-state index < -0.39 is 0 Å². The Hall–Kier alpha value is -2.89. The molecule has 27 heavy (non-hydrogen) atoms. The molecule has 4 rings (SSSR count). The van der Waals surface area contributed by atoms with Crippen LogP contribution in [-0.4, -0.2) is 43.8 Å². The molecule has 0 fully saturated rings. The van der Waals surface area contributed by atoms with E-state index in [9.17, 15) is 4.79 Å². The van der Waals surface area contributed by atoms with Crippen molar-refractivity contribution in [3.05, 3.63) is 47.5 Å². The first-order chi connectivity index (χ1) is 13.2. The van der Waals surface area contributed by atoms with Gasteiger partial charge in [-0.1, -0.05) is 12.1 Å². The normalized spacial score (nSPS) is 14.6. The van der Waals surface area contributed by atoms with Gasteiger partial charge in [0, 0.05) is 13.1 Å². The first-order valence-corrected chi connectivity index (χ1v) is 9.28. The highest BCUT2D eigenvalue weighted by Gasteiger charge is 2.18. The van der Waals surface area contributed by atoms with Crippen molar-refractivity contribution in [3.8, 4) is 23.0 Å². The van der Waals surface area contributed by atoms with E-state index in [-0.39, 0.29) is 5.91 Å². The molecule has 2 aliphatic rings. The van der Waals surface area contributed by atoms with Crippen LogP contribution in [0, 0.1) is 0 Å². The molecule has 0 spiro atoms. The first kappa shape index (κ1) is 17.5. The molecule has 6 nitrogen and oxygen atoms in total. The largest absolute Gasteiger partial charge is 0.486 e. The number of nitrogens with zero attached hydrogens (tertiary/aromatic N) is 1. The third kappa shape index (κ3) is 3.94. The lowest BCUT2D eigenvalue weighted by molar-refractivity contribution is -0.130. The zero-order valence-electron chi connectivity index (χ0n) is 15.4. The number of hydrogen-bond donors (Lipinski definition) is 0. The molecule has 0 bridgehead atoms. The van der Waals surface area contributed by atoms with E-state index in [1.807, 2.05) is 48.2 Å². The van der Waals surface area contributed by atoms with Crippen LogP contribution in [0.2, 0.25) is 0 Å². The molecule has 2 heterocycles. The van der Waals surface area contributed by atoms with Crippen LogP contribution in [0.1, 0.15) is 18.1 Å². The number of benzene rings is 2. The third-order valence-corrected chi connectivity index (χ3v) is 4.68. The van der Waals surface area contributed by atoms with Gasteiger partial charge in [-0.15, -0.1) is 0 Å². The number of carbonyl (C=O) groups excluding carboxylic acids is 1. The fourth-order valence-electron chi connectivity index (χ4n) is 3.27. The summed E-state index contributed by atoms with van der Waals surface area (Å²) in [6.45, 7) is 5.38. The SMILES string of the molecule is CCN(Cc1ccc2c(c1)OCCO2)C(=O)Cc1ccc2c(c1)OCCO2. The van der Waals surface area contributed by atoms with Gasteiger partial charge in [0.2, 0.25) is 5.91 Å². The maximum Gasteiger partial charge on any atom is 0.227 e. The Morgan fingerprint density at radius 2 is 1.33 bits per heavy atom. The summed E-state index contributed by atoms with van der Waals surface area (Å²) >= 11 is 0. The predicted octanol–water partition coefficient (Wildman–Crippen LogP) is 2.82. The fourth-order valence-corrected chi connectivity index (χ4v) is 3.27. The number of likely N-dealkylation sites (N-methyl/N-ethyl adjacent to an activating group) is 1. The Balaban J connectivity index is 1.43. The highest BCUT2D eigenvalue weighted by molar-refractivity contribution is 5.79. The van der Waals surface area contributed by atoms with Gasteiger partial charge < -0.3 is 23.8 Å². The monoisotopic (exact) mass is 369 g/mol. The quantitative estimate of drug-likeness (QED) is 0.811. The fraction of sp³-hybridized carbons (Fsp3) is 0.381. The maximum absolute atomic E-state index is 12.8. The summed E-state index contributed by atoms with van der Waals surface area (Å²) in [5.41, 5.74) is 1.95. The topological polar surface area (TPSA) is 57.2 Å². The van der Waals surface area contributed by atoms with Crippen molar-refractivity contribution >= 4 is 5.91 Å². The van der Waals surface area contributed by atoms with Crippen molar-refractivity contribution in [1.29, 1.82) is 0 Å². The summed E-state index contributed by atoms with van der Waals surface area (Å²) < 4.78 is 22.3. The van der Waals surface area contributed by atoms with Crippen LogP contribution in [-0.2, 0) is 17.8 Å². The Kier molecular flexibility index (Phi) is 5.05. The van der Waals surface area contributed by atoms with E-state index in [1.54, 1.807) is 0 Å². The Morgan fingerprint density at radius 1 is 0.815 bits per heavy atom. The van der Waals surface area contributed by atoms with Crippen LogP contribution in [0.25, 0.3) is 0 Å². The molecule has 0 saturated heterocycles. The minimum Gasteiger partial charge on any atom is -0.486 e. The summed E-state index contributed by atoms with van der Waals surface area (Å²) in [4.78, 5) is 14.6. The van der Waals surface area contributed by atoms with Crippen molar-refractivity contribution < 1.29 is 23.7 Å². The summed E-state index contributed by atoms with van der Waals surface area (Å²) in [6.07, 6.45) is 0.328. The number of rotatable bonds is 5. The van der Waals surface area contributed by atoms with Crippen molar-refractivity contribution in [2.75, 3.05) is 33.0 Å². The van der Waals surface area contributed by atoms with Crippen molar-refractivity contribution in [2.24, 2.45) is 0 Å². The predicted molar refractivity (Wildman–Crippen MR) is 99.7 cm³/mol. The number of fused-ring (bicyclic) bond motifs is 2. The lowest BCUT2D eigenvalue weighted by Crippen LogP contribution is -2.31. The highest BCUT2D eigenvalue weighted by Crippen LogP contribution is 2.32. The molecule has 2 aromatic carbocycles. The van der Waals surface area contributed by atoms with Gasteiger partial charge in [0.1, 0.15) is 26.4 Å². The number of carbonyl (C=O) groups is 1. The van der Waals surface area contributed by atoms with Gasteiger partial charge in [-0.3, -0.25) is 4.79 Å². The van der Waals surface area contributed by atoms with E-state index in [1.165, 1.54) is 0 Å². The molecule has 0 aliphatic carbocycles. The van der Waals surface area contributed by atoms with E-state index in [4.69, 9.17) is 18.9 Å². The number of hydrogen-bond acceptors (Lipinski definition) is 5. The van der Waals surface area contributed by atoms with Crippen molar-refractivity contribution in [2.45, 2.75) is 19.9 Å². The summed E-state index contributed by atoms with van der Waals surface area (Å²) in [5.74, 6) is 3.02. The molecular formula is C21H23NO5. The third-order valence-electron chi connectivity index (χ3n) is 4.68. The van der Waals surface area contributed by atoms with Gasteiger partial charge in [0.05, 0.1) is 6.42 Å². The lowest BCUT2D eigenvalue weighted by Gasteiger charge is -2.24. The van der Waals surface area contributed by atoms with Crippen LogP contribution >= 0.6 is 0 Å². The second-order valence-electron chi connectivity index (χ2n) is 6.54. The smallest absolute Gasteiger partial charge is 0.227 e. The lowest BCUT2D eigenvalue weighted by atomic mass is 10.1. The van der Waals surface area contributed by atoms with Gasteiger partial charge >= 0.3 is 0 Å². The first-order valence-electron chi connectivity index (χ1n) is 9.28. The summed E-state index contributed by atoms with van der Waals surface area (Å²) in [5, 5.41) is 0. The molecule has 0 unspecified atom stereocenters. The second-order valence-corrected chi connectivity index (χ2v) is 6.54.